The van der Waals surface area contributed by atoms with E-state index in [0.29, 0.717) is 18.6 Å². The Balaban J connectivity index is 2.01. The molecule has 0 aromatic heterocycles. The lowest BCUT2D eigenvalue weighted by Crippen LogP contribution is -2.13. The average molecular weight is 208 g/mol. The first-order valence-electron chi connectivity index (χ1n) is 5.33. The molecule has 0 amide bonds. The number of hydrogen-bond acceptors (Lipinski definition) is 2. The first-order valence-corrected chi connectivity index (χ1v) is 5.33. The molecule has 0 bridgehead atoms. The van der Waals surface area contributed by atoms with Crippen LogP contribution in [0.15, 0.2) is 12.1 Å². The van der Waals surface area contributed by atoms with Crippen molar-refractivity contribution in [3.05, 3.63) is 29.1 Å². The van der Waals surface area contributed by atoms with Gasteiger partial charge >= 0.3 is 0 Å². The van der Waals surface area contributed by atoms with Crippen LogP contribution >= 0.6 is 0 Å². The molecule has 80 valence electrons. The van der Waals surface area contributed by atoms with Crippen LogP contribution in [0.3, 0.4) is 0 Å². The number of benzene rings is 1. The van der Waals surface area contributed by atoms with Gasteiger partial charge in [0.25, 0.3) is 0 Å². The third kappa shape index (κ3) is 1.51. The van der Waals surface area contributed by atoms with Crippen molar-refractivity contribution >= 4 is 0 Å². The summed E-state index contributed by atoms with van der Waals surface area (Å²) in [6.07, 6.45) is 2.78. The fraction of sp³-hybridized carbons (Fsp3) is 0.500. The zero-order valence-electron chi connectivity index (χ0n) is 8.42. The van der Waals surface area contributed by atoms with Crippen molar-refractivity contribution in [2.75, 3.05) is 6.61 Å². The van der Waals surface area contributed by atoms with Crippen LogP contribution < -0.4 is 4.74 Å². The van der Waals surface area contributed by atoms with Crippen molar-refractivity contribution < 1.29 is 14.2 Å². The van der Waals surface area contributed by atoms with Crippen molar-refractivity contribution in [1.82, 2.24) is 0 Å². The van der Waals surface area contributed by atoms with E-state index in [2.05, 4.69) is 0 Å². The van der Waals surface area contributed by atoms with Crippen LogP contribution in [0.4, 0.5) is 4.39 Å². The summed E-state index contributed by atoms with van der Waals surface area (Å²) in [5.41, 5.74) is 0.971. The monoisotopic (exact) mass is 208 g/mol. The SMILES string of the molecule is OC1(Cc2c(F)ccc3c2CCO3)CC1. The van der Waals surface area contributed by atoms with E-state index in [9.17, 15) is 9.50 Å². The molecular formula is C12H13FO2. The second kappa shape index (κ2) is 2.95. The van der Waals surface area contributed by atoms with Gasteiger partial charge in [0.1, 0.15) is 11.6 Å². The minimum Gasteiger partial charge on any atom is -0.493 e. The quantitative estimate of drug-likeness (QED) is 0.803. The summed E-state index contributed by atoms with van der Waals surface area (Å²) in [6.45, 7) is 0.629. The van der Waals surface area contributed by atoms with Gasteiger partial charge < -0.3 is 9.84 Å². The molecule has 1 N–H and O–H groups in total. The number of hydrogen-bond donors (Lipinski definition) is 1. The van der Waals surface area contributed by atoms with E-state index in [1.807, 2.05) is 0 Å². The Morgan fingerprint density at radius 1 is 1.40 bits per heavy atom. The highest BCUT2D eigenvalue weighted by molar-refractivity contribution is 5.44. The van der Waals surface area contributed by atoms with Crippen LogP contribution in [-0.2, 0) is 12.8 Å². The van der Waals surface area contributed by atoms with Crippen LogP contribution in [0, 0.1) is 5.82 Å². The van der Waals surface area contributed by atoms with Crippen LogP contribution in [0.5, 0.6) is 5.75 Å². The highest BCUT2D eigenvalue weighted by Crippen LogP contribution is 2.41. The Kier molecular flexibility index (Phi) is 1.80. The van der Waals surface area contributed by atoms with Gasteiger partial charge in [-0.3, -0.25) is 0 Å². The second-order valence-electron chi connectivity index (χ2n) is 4.50. The molecule has 1 saturated carbocycles. The molecule has 0 unspecified atom stereocenters. The number of fused-ring (bicyclic) bond motifs is 1. The number of aliphatic hydroxyl groups is 1. The largest absolute Gasteiger partial charge is 0.493 e. The van der Waals surface area contributed by atoms with Crippen molar-refractivity contribution in [1.29, 1.82) is 0 Å². The van der Waals surface area contributed by atoms with E-state index in [4.69, 9.17) is 4.74 Å². The molecular weight excluding hydrogens is 195 g/mol. The van der Waals surface area contributed by atoms with Gasteiger partial charge in [-0.2, -0.15) is 0 Å². The van der Waals surface area contributed by atoms with E-state index in [-0.39, 0.29) is 5.82 Å². The summed E-state index contributed by atoms with van der Waals surface area (Å²) < 4.78 is 19.0. The summed E-state index contributed by atoms with van der Waals surface area (Å²) in [7, 11) is 0. The molecule has 1 aliphatic heterocycles. The molecule has 15 heavy (non-hydrogen) atoms. The van der Waals surface area contributed by atoms with Gasteiger partial charge in [0.2, 0.25) is 0 Å². The maximum atomic E-state index is 13.6. The molecule has 1 fully saturated rings. The van der Waals surface area contributed by atoms with Gasteiger partial charge in [-0.25, -0.2) is 4.39 Å². The summed E-state index contributed by atoms with van der Waals surface area (Å²) in [4.78, 5) is 0. The minimum absolute atomic E-state index is 0.209. The molecule has 3 rings (SSSR count). The van der Waals surface area contributed by atoms with Gasteiger partial charge in [0.05, 0.1) is 12.2 Å². The number of ether oxygens (including phenoxy) is 1. The third-order valence-corrected chi connectivity index (χ3v) is 3.27. The van der Waals surface area contributed by atoms with Crippen molar-refractivity contribution in [3.8, 4) is 5.75 Å². The smallest absolute Gasteiger partial charge is 0.127 e. The lowest BCUT2D eigenvalue weighted by atomic mass is 9.98. The summed E-state index contributed by atoms with van der Waals surface area (Å²) in [5, 5.41) is 9.83. The molecule has 0 atom stereocenters. The third-order valence-electron chi connectivity index (χ3n) is 3.27. The van der Waals surface area contributed by atoms with Gasteiger partial charge in [-0.05, 0) is 30.5 Å². The lowest BCUT2D eigenvalue weighted by Gasteiger charge is -2.12. The predicted molar refractivity (Wildman–Crippen MR) is 53.5 cm³/mol. The van der Waals surface area contributed by atoms with E-state index in [0.717, 1.165) is 30.6 Å². The first kappa shape index (κ1) is 9.16. The van der Waals surface area contributed by atoms with Crippen molar-refractivity contribution in [2.24, 2.45) is 0 Å². The van der Waals surface area contributed by atoms with Crippen LogP contribution in [0.25, 0.3) is 0 Å². The van der Waals surface area contributed by atoms with Crippen molar-refractivity contribution in [2.45, 2.75) is 31.3 Å². The molecule has 2 nitrogen and oxygen atoms in total. The number of halogens is 1. The summed E-state index contributed by atoms with van der Waals surface area (Å²) >= 11 is 0. The van der Waals surface area contributed by atoms with Gasteiger partial charge in [0.15, 0.2) is 0 Å². The standard InChI is InChI=1S/C12H13FO2/c13-10-1-2-11-8(3-6-15-11)9(10)7-12(14)4-5-12/h1-2,14H,3-7H2. The average Bonchev–Trinajstić information content (AvgIpc) is 2.78. The maximum Gasteiger partial charge on any atom is 0.127 e. The Morgan fingerprint density at radius 3 is 2.93 bits per heavy atom. The van der Waals surface area contributed by atoms with Crippen LogP contribution in [0.2, 0.25) is 0 Å². The lowest BCUT2D eigenvalue weighted by molar-refractivity contribution is 0.149. The van der Waals surface area contributed by atoms with E-state index in [1.54, 1.807) is 6.07 Å². The zero-order chi connectivity index (χ0) is 10.5. The molecule has 1 aromatic carbocycles. The van der Waals surface area contributed by atoms with Crippen LogP contribution in [-0.4, -0.2) is 17.3 Å². The zero-order valence-corrected chi connectivity index (χ0v) is 8.42. The summed E-state index contributed by atoms with van der Waals surface area (Å²) in [5.74, 6) is 0.579. The predicted octanol–water partition coefficient (Wildman–Crippen LogP) is 1.83. The fourth-order valence-corrected chi connectivity index (χ4v) is 2.16. The van der Waals surface area contributed by atoms with Gasteiger partial charge in [-0.1, -0.05) is 0 Å². The minimum atomic E-state index is -0.640. The van der Waals surface area contributed by atoms with E-state index < -0.39 is 5.60 Å². The van der Waals surface area contributed by atoms with Gasteiger partial charge in [0, 0.05) is 18.4 Å². The summed E-state index contributed by atoms with van der Waals surface area (Å²) in [6, 6.07) is 3.11. The topological polar surface area (TPSA) is 29.5 Å². The highest BCUT2D eigenvalue weighted by Gasteiger charge is 2.41. The Labute approximate surface area is 87.7 Å². The molecule has 0 radical (unpaired) electrons. The van der Waals surface area contributed by atoms with Crippen molar-refractivity contribution in [3.63, 3.8) is 0 Å². The Bertz CT molecular complexity index is 410. The Hall–Kier alpha value is -1.09. The first-order chi connectivity index (χ1) is 7.18. The molecule has 3 heteroatoms. The number of rotatable bonds is 2. The Morgan fingerprint density at radius 2 is 2.20 bits per heavy atom. The molecule has 1 aliphatic carbocycles. The molecule has 1 aromatic rings. The molecule has 0 spiro atoms. The molecule has 0 saturated heterocycles. The van der Waals surface area contributed by atoms with E-state index in [1.165, 1.54) is 6.07 Å². The maximum absolute atomic E-state index is 13.6. The fourth-order valence-electron chi connectivity index (χ4n) is 2.16. The van der Waals surface area contributed by atoms with Crippen LogP contribution in [0.1, 0.15) is 24.0 Å². The van der Waals surface area contributed by atoms with Gasteiger partial charge in [-0.15, -0.1) is 0 Å². The molecule has 2 aliphatic rings. The second-order valence-corrected chi connectivity index (χ2v) is 4.50. The van der Waals surface area contributed by atoms with E-state index >= 15 is 0 Å². The normalized spacial score (nSPS) is 20.9. The molecule has 1 heterocycles. The highest BCUT2D eigenvalue weighted by atomic mass is 19.1.